The molecular weight excluding hydrogens is 234 g/mol. The molecule has 5 nitrogen and oxygen atoms in total. The predicted octanol–water partition coefficient (Wildman–Crippen LogP) is 0.811. The Kier molecular flexibility index (Phi) is 4.81. The van der Waals surface area contributed by atoms with Crippen molar-refractivity contribution in [2.24, 2.45) is 0 Å². The van der Waals surface area contributed by atoms with E-state index in [1.165, 1.54) is 0 Å². The van der Waals surface area contributed by atoms with Gasteiger partial charge in [0.15, 0.2) is 11.5 Å². The summed E-state index contributed by atoms with van der Waals surface area (Å²) in [6.07, 6.45) is 1.13. The molecule has 0 radical (unpaired) electrons. The summed E-state index contributed by atoms with van der Waals surface area (Å²) in [6.45, 7) is 1.74. The predicted molar refractivity (Wildman–Crippen MR) is 66.7 cm³/mol. The highest BCUT2D eigenvalue weighted by Gasteiger charge is 2.16. The number of hydrogen-bond donors (Lipinski definition) is 3. The second kappa shape index (κ2) is 6.58. The second-order valence-electron chi connectivity index (χ2n) is 4.26. The Bertz CT molecular complexity index is 383. The van der Waals surface area contributed by atoms with Crippen LogP contribution in [-0.4, -0.2) is 36.7 Å². The van der Waals surface area contributed by atoms with Crippen molar-refractivity contribution in [3.05, 3.63) is 23.8 Å². The zero-order valence-electron chi connectivity index (χ0n) is 10.3. The van der Waals surface area contributed by atoms with Gasteiger partial charge < -0.3 is 25.0 Å². The summed E-state index contributed by atoms with van der Waals surface area (Å²) in [6, 6.07) is 5.46. The molecule has 1 unspecified atom stereocenters. The van der Waals surface area contributed by atoms with Crippen LogP contribution in [0.3, 0.4) is 0 Å². The average Bonchev–Trinajstić information content (AvgIpc) is 2.85. The molecule has 0 saturated heterocycles. The average molecular weight is 253 g/mol. The summed E-state index contributed by atoms with van der Waals surface area (Å²) in [4.78, 5) is 0. The molecule has 2 rings (SSSR count). The lowest BCUT2D eigenvalue weighted by Crippen LogP contribution is -2.22. The summed E-state index contributed by atoms with van der Waals surface area (Å²) >= 11 is 0. The molecule has 0 aromatic heterocycles. The van der Waals surface area contributed by atoms with Crippen molar-refractivity contribution in [3.63, 3.8) is 0 Å². The fraction of sp³-hybridized carbons (Fsp3) is 0.538. The Morgan fingerprint density at radius 3 is 2.89 bits per heavy atom. The van der Waals surface area contributed by atoms with Crippen LogP contribution in [-0.2, 0) is 0 Å². The summed E-state index contributed by atoms with van der Waals surface area (Å²) in [7, 11) is 0. The molecule has 1 aromatic rings. The molecule has 100 valence electrons. The van der Waals surface area contributed by atoms with E-state index in [9.17, 15) is 5.11 Å². The molecular formula is C13H19NO4. The Hall–Kier alpha value is -1.30. The van der Waals surface area contributed by atoms with E-state index < -0.39 is 6.10 Å². The molecule has 1 atom stereocenters. The first-order valence-electron chi connectivity index (χ1n) is 6.20. The van der Waals surface area contributed by atoms with Crippen LogP contribution in [0.1, 0.15) is 24.5 Å². The zero-order chi connectivity index (χ0) is 12.8. The third-order valence-electron chi connectivity index (χ3n) is 2.88. The van der Waals surface area contributed by atoms with E-state index in [1.54, 1.807) is 0 Å². The zero-order valence-corrected chi connectivity index (χ0v) is 10.3. The lowest BCUT2D eigenvalue weighted by atomic mass is 10.1. The molecule has 1 heterocycles. The molecule has 0 fully saturated rings. The smallest absolute Gasteiger partial charge is 0.231 e. The number of benzene rings is 1. The number of aliphatic hydroxyl groups is 2. The van der Waals surface area contributed by atoms with Gasteiger partial charge in [0.05, 0.1) is 6.10 Å². The van der Waals surface area contributed by atoms with Gasteiger partial charge in [-0.05, 0) is 37.1 Å². The maximum Gasteiger partial charge on any atom is 0.231 e. The summed E-state index contributed by atoms with van der Waals surface area (Å²) in [5.41, 5.74) is 0.814. The first kappa shape index (κ1) is 13.1. The monoisotopic (exact) mass is 253 g/mol. The molecule has 0 saturated carbocycles. The molecule has 18 heavy (non-hydrogen) atoms. The SMILES string of the molecule is OCCCCNCC(O)c1ccc2c(c1)OCO2. The number of rotatable bonds is 7. The first-order valence-corrected chi connectivity index (χ1v) is 6.20. The Morgan fingerprint density at radius 2 is 2.06 bits per heavy atom. The molecule has 0 spiro atoms. The van der Waals surface area contributed by atoms with Crippen LogP contribution in [0, 0.1) is 0 Å². The maximum absolute atomic E-state index is 10.0. The quantitative estimate of drug-likeness (QED) is 0.627. The van der Waals surface area contributed by atoms with E-state index in [0.717, 1.165) is 30.7 Å². The first-order chi connectivity index (χ1) is 8.81. The Morgan fingerprint density at radius 1 is 1.22 bits per heavy atom. The van der Waals surface area contributed by atoms with Crippen LogP contribution >= 0.6 is 0 Å². The summed E-state index contributed by atoms with van der Waals surface area (Å²) < 4.78 is 10.5. The van der Waals surface area contributed by atoms with E-state index in [0.29, 0.717) is 12.3 Å². The number of fused-ring (bicyclic) bond motifs is 1. The van der Waals surface area contributed by atoms with Gasteiger partial charge in [0.1, 0.15) is 0 Å². The third kappa shape index (κ3) is 3.35. The fourth-order valence-electron chi connectivity index (χ4n) is 1.84. The molecule has 0 aliphatic carbocycles. The molecule has 5 heteroatoms. The van der Waals surface area contributed by atoms with E-state index in [2.05, 4.69) is 5.32 Å². The highest BCUT2D eigenvalue weighted by Crippen LogP contribution is 2.33. The van der Waals surface area contributed by atoms with Crippen molar-refractivity contribution in [1.82, 2.24) is 5.32 Å². The minimum Gasteiger partial charge on any atom is -0.454 e. The van der Waals surface area contributed by atoms with Crippen LogP contribution in [0.25, 0.3) is 0 Å². The van der Waals surface area contributed by atoms with Crippen molar-refractivity contribution >= 4 is 0 Å². The minimum atomic E-state index is -0.561. The van der Waals surface area contributed by atoms with Gasteiger partial charge in [-0.25, -0.2) is 0 Å². The second-order valence-corrected chi connectivity index (χ2v) is 4.26. The van der Waals surface area contributed by atoms with Crippen molar-refractivity contribution < 1.29 is 19.7 Å². The normalized spacial score (nSPS) is 14.8. The van der Waals surface area contributed by atoms with Crippen molar-refractivity contribution in [2.45, 2.75) is 18.9 Å². The minimum absolute atomic E-state index is 0.215. The molecule has 0 amide bonds. The highest BCUT2D eigenvalue weighted by molar-refractivity contribution is 5.45. The van der Waals surface area contributed by atoms with Crippen molar-refractivity contribution in [1.29, 1.82) is 0 Å². The summed E-state index contributed by atoms with van der Waals surface area (Å²) in [5.74, 6) is 1.41. The Balaban J connectivity index is 1.80. The lowest BCUT2D eigenvalue weighted by molar-refractivity contribution is 0.170. The molecule has 3 N–H and O–H groups in total. The van der Waals surface area contributed by atoms with E-state index in [1.807, 2.05) is 18.2 Å². The highest BCUT2D eigenvalue weighted by atomic mass is 16.7. The van der Waals surface area contributed by atoms with Crippen LogP contribution in [0.5, 0.6) is 11.5 Å². The van der Waals surface area contributed by atoms with Gasteiger partial charge in [0.2, 0.25) is 6.79 Å². The van der Waals surface area contributed by atoms with Crippen LogP contribution < -0.4 is 14.8 Å². The van der Waals surface area contributed by atoms with Gasteiger partial charge in [0, 0.05) is 13.2 Å². The molecule has 1 aliphatic heterocycles. The van der Waals surface area contributed by atoms with Gasteiger partial charge in [-0.3, -0.25) is 0 Å². The molecule has 0 bridgehead atoms. The largest absolute Gasteiger partial charge is 0.454 e. The van der Waals surface area contributed by atoms with Gasteiger partial charge in [-0.2, -0.15) is 0 Å². The van der Waals surface area contributed by atoms with Gasteiger partial charge >= 0.3 is 0 Å². The molecule has 1 aliphatic rings. The van der Waals surface area contributed by atoms with Crippen LogP contribution in [0.15, 0.2) is 18.2 Å². The summed E-state index contributed by atoms with van der Waals surface area (Å²) in [5, 5.41) is 21.8. The standard InChI is InChI=1S/C13H19NO4/c15-6-2-1-5-14-8-11(16)10-3-4-12-13(7-10)18-9-17-12/h3-4,7,11,14-16H,1-2,5-6,8-9H2. The number of hydrogen-bond acceptors (Lipinski definition) is 5. The van der Waals surface area contributed by atoms with Gasteiger partial charge in [0.25, 0.3) is 0 Å². The van der Waals surface area contributed by atoms with Crippen molar-refractivity contribution in [2.75, 3.05) is 26.5 Å². The van der Waals surface area contributed by atoms with Gasteiger partial charge in [-0.15, -0.1) is 0 Å². The number of nitrogens with one attached hydrogen (secondary N) is 1. The van der Waals surface area contributed by atoms with Crippen LogP contribution in [0.4, 0.5) is 0 Å². The number of ether oxygens (including phenoxy) is 2. The van der Waals surface area contributed by atoms with Crippen LogP contribution in [0.2, 0.25) is 0 Å². The fourth-order valence-corrected chi connectivity index (χ4v) is 1.84. The topological polar surface area (TPSA) is 71.0 Å². The van der Waals surface area contributed by atoms with E-state index >= 15 is 0 Å². The maximum atomic E-state index is 10.0. The van der Waals surface area contributed by atoms with E-state index in [4.69, 9.17) is 14.6 Å². The molecule has 1 aromatic carbocycles. The third-order valence-corrected chi connectivity index (χ3v) is 2.88. The Labute approximate surface area is 106 Å². The number of unbranched alkanes of at least 4 members (excludes halogenated alkanes) is 1. The number of aliphatic hydroxyl groups excluding tert-OH is 2. The van der Waals surface area contributed by atoms with E-state index in [-0.39, 0.29) is 13.4 Å². The lowest BCUT2D eigenvalue weighted by Gasteiger charge is -2.12. The van der Waals surface area contributed by atoms with Gasteiger partial charge in [-0.1, -0.05) is 6.07 Å². The van der Waals surface area contributed by atoms with Crippen molar-refractivity contribution in [3.8, 4) is 11.5 Å².